The van der Waals surface area contributed by atoms with E-state index >= 15 is 0 Å². The van der Waals surface area contributed by atoms with Crippen LogP contribution < -0.4 is 10.6 Å². The number of sulfonamides is 1. The average molecular weight is 513 g/mol. The van der Waals surface area contributed by atoms with E-state index in [1.807, 2.05) is 27.7 Å². The molecule has 198 valence electrons. The van der Waals surface area contributed by atoms with Crippen LogP contribution in [-0.2, 0) is 19.6 Å². The normalized spacial score (nSPS) is 22.2. The molecule has 2 rings (SSSR count). The summed E-state index contributed by atoms with van der Waals surface area (Å²) >= 11 is 0. The van der Waals surface area contributed by atoms with Gasteiger partial charge in [-0.15, -0.1) is 0 Å². The van der Waals surface area contributed by atoms with Gasteiger partial charge in [0.05, 0.1) is 12.1 Å². The quantitative estimate of drug-likeness (QED) is 0.509. The fraction of sp³-hybridized carbons (Fsp3) is 0.708. The van der Waals surface area contributed by atoms with Gasteiger partial charge < -0.3 is 20.5 Å². The van der Waals surface area contributed by atoms with Crippen LogP contribution in [0.3, 0.4) is 0 Å². The summed E-state index contributed by atoms with van der Waals surface area (Å²) in [6.07, 6.45) is 0.266. The van der Waals surface area contributed by atoms with E-state index in [1.165, 1.54) is 16.6 Å². The van der Waals surface area contributed by atoms with Gasteiger partial charge in [0.25, 0.3) is 10.0 Å². The zero-order chi connectivity index (χ0) is 26.6. The number of hydrogen-bond donors (Lipinski definition) is 3. The highest BCUT2D eigenvalue weighted by atomic mass is 32.2. The van der Waals surface area contributed by atoms with Gasteiger partial charge in [0.1, 0.15) is 11.6 Å². The van der Waals surface area contributed by atoms with Crippen LogP contribution in [0.1, 0.15) is 61.3 Å². The topological polar surface area (TPSA) is 138 Å². The molecule has 1 saturated heterocycles. The van der Waals surface area contributed by atoms with Gasteiger partial charge >= 0.3 is 6.09 Å². The van der Waals surface area contributed by atoms with Crippen molar-refractivity contribution in [1.82, 2.24) is 19.9 Å². The van der Waals surface area contributed by atoms with Gasteiger partial charge in [-0.1, -0.05) is 33.8 Å². The summed E-state index contributed by atoms with van der Waals surface area (Å²) in [4.78, 5) is 29.5. The third-order valence-corrected chi connectivity index (χ3v) is 7.24. The number of rotatable bonds is 7. The Bertz CT molecular complexity index is 975. The number of aliphatic hydroxyl groups is 1. The third kappa shape index (κ3) is 8.73. The molecular weight excluding hydrogens is 472 g/mol. The molecule has 1 aliphatic heterocycles. The van der Waals surface area contributed by atoms with Gasteiger partial charge in [-0.25, -0.2) is 18.2 Å². The van der Waals surface area contributed by atoms with E-state index in [0.29, 0.717) is 12.8 Å². The summed E-state index contributed by atoms with van der Waals surface area (Å²) in [5.41, 5.74) is -1.27. The molecule has 0 bridgehead atoms. The lowest BCUT2D eigenvalue weighted by atomic mass is 9.85. The highest BCUT2D eigenvalue weighted by Crippen LogP contribution is 2.31. The van der Waals surface area contributed by atoms with E-state index < -0.39 is 51.2 Å². The summed E-state index contributed by atoms with van der Waals surface area (Å²) in [5.74, 6) is -0.347. The molecule has 35 heavy (non-hydrogen) atoms. The van der Waals surface area contributed by atoms with E-state index in [0.717, 1.165) is 0 Å². The van der Waals surface area contributed by atoms with Gasteiger partial charge in [-0.05, 0) is 57.1 Å². The van der Waals surface area contributed by atoms with Crippen molar-refractivity contribution in [3.63, 3.8) is 0 Å². The van der Waals surface area contributed by atoms with E-state index in [2.05, 4.69) is 15.6 Å². The lowest BCUT2D eigenvalue weighted by Crippen LogP contribution is -2.54. The number of hydrogen-bond acceptors (Lipinski definition) is 7. The molecule has 1 aliphatic rings. The van der Waals surface area contributed by atoms with Crippen molar-refractivity contribution in [3.05, 3.63) is 24.4 Å². The number of nitrogens with zero attached hydrogens (tertiary/aromatic N) is 2. The highest BCUT2D eigenvalue weighted by molar-refractivity contribution is 7.89. The van der Waals surface area contributed by atoms with Crippen LogP contribution in [0.2, 0.25) is 0 Å². The van der Waals surface area contributed by atoms with Crippen LogP contribution in [0.15, 0.2) is 29.4 Å². The second-order valence-electron chi connectivity index (χ2n) is 11.3. The van der Waals surface area contributed by atoms with Gasteiger partial charge in [0.15, 0.2) is 5.03 Å². The van der Waals surface area contributed by atoms with Crippen LogP contribution in [0.25, 0.3) is 0 Å². The standard InChI is InChI=1S/C24H40N4O6S/c1-16(2)12-17(27-22(31)34-23(3,4)5)21(30)26-18-13-24(6,7)15-28(14-19(18)29)35(32,33)20-10-8-9-11-25-20/h8-11,16-19,29H,12-15H2,1-7H3,(H,26,30)(H,27,31). The predicted molar refractivity (Wildman–Crippen MR) is 132 cm³/mol. The molecule has 1 aromatic rings. The maximum absolute atomic E-state index is 13.2. The van der Waals surface area contributed by atoms with E-state index in [1.54, 1.807) is 32.9 Å². The Morgan fingerprint density at radius 3 is 2.49 bits per heavy atom. The first-order valence-corrected chi connectivity index (χ1v) is 13.3. The predicted octanol–water partition coefficient (Wildman–Crippen LogP) is 2.29. The Hall–Kier alpha value is -2.24. The Balaban J connectivity index is 2.20. The van der Waals surface area contributed by atoms with Crippen molar-refractivity contribution >= 4 is 22.0 Å². The second kappa shape index (κ2) is 11.2. The zero-order valence-corrected chi connectivity index (χ0v) is 22.6. The second-order valence-corrected chi connectivity index (χ2v) is 13.2. The molecule has 3 atom stereocenters. The molecule has 1 fully saturated rings. The number of aliphatic hydroxyl groups excluding tert-OH is 1. The summed E-state index contributed by atoms with van der Waals surface area (Å²) in [6.45, 7) is 12.8. The number of pyridine rings is 1. The summed E-state index contributed by atoms with van der Waals surface area (Å²) in [5, 5.41) is 16.3. The van der Waals surface area contributed by atoms with Crippen LogP contribution >= 0.6 is 0 Å². The van der Waals surface area contributed by atoms with Crippen LogP contribution in [0, 0.1) is 11.3 Å². The van der Waals surface area contributed by atoms with Crippen molar-refractivity contribution < 1.29 is 27.9 Å². The first kappa shape index (κ1) is 29.0. The van der Waals surface area contributed by atoms with Gasteiger partial charge in [0, 0.05) is 19.3 Å². The molecule has 0 radical (unpaired) electrons. The average Bonchev–Trinajstić information content (AvgIpc) is 2.82. The molecule has 0 spiro atoms. The smallest absolute Gasteiger partial charge is 0.408 e. The summed E-state index contributed by atoms with van der Waals surface area (Å²) in [6, 6.07) is 3.06. The number of ether oxygens (including phenoxy) is 1. The number of alkyl carbamates (subject to hydrolysis) is 1. The van der Waals surface area contributed by atoms with Gasteiger partial charge in [-0.2, -0.15) is 4.31 Å². The lowest BCUT2D eigenvalue weighted by Gasteiger charge is -2.31. The van der Waals surface area contributed by atoms with Crippen molar-refractivity contribution in [2.75, 3.05) is 13.1 Å². The van der Waals surface area contributed by atoms with Crippen molar-refractivity contribution in [2.24, 2.45) is 11.3 Å². The molecular formula is C24H40N4O6S. The minimum absolute atomic E-state index is 0.0935. The fourth-order valence-corrected chi connectivity index (χ4v) is 5.65. The molecule has 2 amide bonds. The molecule has 1 aromatic heterocycles. The minimum atomic E-state index is -3.93. The number of amides is 2. The van der Waals surface area contributed by atoms with Gasteiger partial charge in [-0.3, -0.25) is 4.79 Å². The van der Waals surface area contributed by atoms with Crippen molar-refractivity contribution in [1.29, 1.82) is 0 Å². The zero-order valence-electron chi connectivity index (χ0n) is 21.7. The molecule has 10 nitrogen and oxygen atoms in total. The van der Waals surface area contributed by atoms with E-state index in [-0.39, 0.29) is 24.0 Å². The first-order chi connectivity index (χ1) is 16.0. The molecule has 0 saturated carbocycles. The SMILES string of the molecule is CC(C)CC(NC(=O)OC(C)(C)C)C(=O)NC1CC(C)(C)CN(S(=O)(=O)c2ccccn2)CC1O. The largest absolute Gasteiger partial charge is 0.444 e. The monoisotopic (exact) mass is 512 g/mol. The fourth-order valence-electron chi connectivity index (χ4n) is 4.07. The Labute approximate surface area is 208 Å². The Kier molecular flexibility index (Phi) is 9.29. The van der Waals surface area contributed by atoms with Crippen molar-refractivity contribution in [3.8, 4) is 0 Å². The molecule has 3 unspecified atom stereocenters. The number of carbonyl (C=O) groups excluding carboxylic acids is 2. The summed E-state index contributed by atoms with van der Waals surface area (Å²) in [7, 11) is -3.93. The Morgan fingerprint density at radius 1 is 1.29 bits per heavy atom. The number of carbonyl (C=O) groups is 2. The maximum atomic E-state index is 13.2. The van der Waals surface area contributed by atoms with E-state index in [9.17, 15) is 23.1 Å². The van der Waals surface area contributed by atoms with Crippen molar-refractivity contribution in [2.45, 2.75) is 90.1 Å². The van der Waals surface area contributed by atoms with Crippen LogP contribution in [0.5, 0.6) is 0 Å². The first-order valence-electron chi connectivity index (χ1n) is 11.9. The highest BCUT2D eigenvalue weighted by Gasteiger charge is 2.41. The third-order valence-electron chi connectivity index (χ3n) is 5.52. The Morgan fingerprint density at radius 2 is 1.94 bits per heavy atom. The number of aromatic nitrogens is 1. The van der Waals surface area contributed by atoms with Gasteiger partial charge in [0.2, 0.25) is 5.91 Å². The molecule has 11 heteroatoms. The number of nitrogens with one attached hydrogen (secondary N) is 2. The summed E-state index contributed by atoms with van der Waals surface area (Å²) < 4.78 is 32.9. The van der Waals surface area contributed by atoms with Crippen LogP contribution in [0.4, 0.5) is 4.79 Å². The molecule has 0 aliphatic carbocycles. The minimum Gasteiger partial charge on any atom is -0.444 e. The molecule has 0 aromatic carbocycles. The van der Waals surface area contributed by atoms with E-state index in [4.69, 9.17) is 4.74 Å². The lowest BCUT2D eigenvalue weighted by molar-refractivity contribution is -0.125. The molecule has 3 N–H and O–H groups in total. The van der Waals surface area contributed by atoms with Crippen LogP contribution in [-0.4, -0.2) is 71.7 Å². The maximum Gasteiger partial charge on any atom is 0.408 e. The number of β-amino-alcohol motifs (C(OH)–C–C–N with tert-alkyl or cyclic N) is 1. The molecule has 2 heterocycles.